The highest BCUT2D eigenvalue weighted by molar-refractivity contribution is 5.92. The summed E-state index contributed by atoms with van der Waals surface area (Å²) in [5, 5.41) is 2.81. The summed E-state index contributed by atoms with van der Waals surface area (Å²) in [6, 6.07) is 7.33. The predicted molar refractivity (Wildman–Crippen MR) is 73.7 cm³/mol. The number of rotatable bonds is 4. The SMILES string of the molecule is CC(CN)C(=O)Nc1ccc(OC(C)(C)C)cc1. The molecule has 18 heavy (non-hydrogen) atoms. The quantitative estimate of drug-likeness (QED) is 0.862. The summed E-state index contributed by atoms with van der Waals surface area (Å²) in [5.74, 6) is 0.532. The number of nitrogens with one attached hydrogen (secondary N) is 1. The maximum absolute atomic E-state index is 11.6. The standard InChI is InChI=1S/C14H22N2O2/c1-10(9-15)13(17)16-11-5-7-12(8-6-11)18-14(2,3)4/h5-8,10H,9,15H2,1-4H3,(H,16,17). The molecule has 1 aromatic rings. The molecule has 0 saturated carbocycles. The normalized spacial score (nSPS) is 12.9. The van der Waals surface area contributed by atoms with Crippen LogP contribution in [0, 0.1) is 5.92 Å². The first-order valence-corrected chi connectivity index (χ1v) is 6.12. The summed E-state index contributed by atoms with van der Waals surface area (Å²) >= 11 is 0. The smallest absolute Gasteiger partial charge is 0.228 e. The highest BCUT2D eigenvalue weighted by Gasteiger charge is 2.13. The number of hydrogen-bond acceptors (Lipinski definition) is 3. The minimum atomic E-state index is -0.223. The van der Waals surface area contributed by atoms with E-state index in [2.05, 4.69) is 5.32 Å². The Morgan fingerprint density at radius 1 is 1.33 bits per heavy atom. The van der Waals surface area contributed by atoms with Gasteiger partial charge in [0.25, 0.3) is 0 Å². The molecular formula is C14H22N2O2. The van der Waals surface area contributed by atoms with Crippen molar-refractivity contribution in [3.63, 3.8) is 0 Å². The zero-order chi connectivity index (χ0) is 13.8. The van der Waals surface area contributed by atoms with E-state index in [4.69, 9.17) is 10.5 Å². The van der Waals surface area contributed by atoms with E-state index < -0.39 is 0 Å². The number of nitrogens with two attached hydrogens (primary N) is 1. The van der Waals surface area contributed by atoms with Crippen molar-refractivity contribution < 1.29 is 9.53 Å². The molecule has 0 aromatic heterocycles. The van der Waals surface area contributed by atoms with Gasteiger partial charge in [0.1, 0.15) is 11.4 Å². The lowest BCUT2D eigenvalue weighted by molar-refractivity contribution is -0.119. The molecular weight excluding hydrogens is 228 g/mol. The lowest BCUT2D eigenvalue weighted by Crippen LogP contribution is -2.26. The molecule has 0 saturated heterocycles. The van der Waals surface area contributed by atoms with Crippen molar-refractivity contribution in [3.05, 3.63) is 24.3 Å². The molecule has 1 amide bonds. The maximum atomic E-state index is 11.6. The maximum Gasteiger partial charge on any atom is 0.228 e. The Morgan fingerprint density at radius 2 is 1.89 bits per heavy atom. The molecule has 100 valence electrons. The molecule has 0 aliphatic carbocycles. The van der Waals surface area contributed by atoms with Gasteiger partial charge in [0.15, 0.2) is 0 Å². The molecule has 0 aliphatic heterocycles. The molecule has 1 aromatic carbocycles. The highest BCUT2D eigenvalue weighted by Crippen LogP contribution is 2.20. The van der Waals surface area contributed by atoms with Crippen molar-refractivity contribution in [1.82, 2.24) is 0 Å². The first-order chi connectivity index (χ1) is 8.31. The van der Waals surface area contributed by atoms with Crippen LogP contribution in [-0.4, -0.2) is 18.1 Å². The van der Waals surface area contributed by atoms with Crippen LogP contribution in [0.4, 0.5) is 5.69 Å². The molecule has 0 heterocycles. The Hall–Kier alpha value is -1.55. The Bertz CT molecular complexity index is 393. The summed E-state index contributed by atoms with van der Waals surface area (Å²) in [5.41, 5.74) is 5.97. The number of amides is 1. The molecule has 3 N–H and O–H groups in total. The van der Waals surface area contributed by atoms with Gasteiger partial charge < -0.3 is 15.8 Å². The molecule has 4 nitrogen and oxygen atoms in total. The van der Waals surface area contributed by atoms with Gasteiger partial charge in [-0.3, -0.25) is 4.79 Å². The molecule has 0 radical (unpaired) electrons. The van der Waals surface area contributed by atoms with Crippen LogP contribution >= 0.6 is 0 Å². The van der Waals surface area contributed by atoms with Gasteiger partial charge in [0.05, 0.1) is 0 Å². The molecule has 1 rings (SSSR count). The van der Waals surface area contributed by atoms with Gasteiger partial charge in [-0.05, 0) is 45.0 Å². The fourth-order valence-corrected chi connectivity index (χ4v) is 1.33. The van der Waals surface area contributed by atoms with E-state index in [-0.39, 0.29) is 17.4 Å². The van der Waals surface area contributed by atoms with Crippen molar-refractivity contribution in [3.8, 4) is 5.75 Å². The van der Waals surface area contributed by atoms with E-state index in [0.29, 0.717) is 6.54 Å². The fourth-order valence-electron chi connectivity index (χ4n) is 1.33. The first kappa shape index (κ1) is 14.5. The number of carbonyl (C=O) groups excluding carboxylic acids is 1. The van der Waals surface area contributed by atoms with Crippen LogP contribution in [0.1, 0.15) is 27.7 Å². The van der Waals surface area contributed by atoms with Gasteiger partial charge in [0.2, 0.25) is 5.91 Å². The average Bonchev–Trinajstić information content (AvgIpc) is 2.28. The summed E-state index contributed by atoms with van der Waals surface area (Å²) in [7, 11) is 0. The molecule has 0 bridgehead atoms. The van der Waals surface area contributed by atoms with Crippen molar-refractivity contribution >= 4 is 11.6 Å². The van der Waals surface area contributed by atoms with Gasteiger partial charge in [-0.25, -0.2) is 0 Å². The molecule has 0 fully saturated rings. The van der Waals surface area contributed by atoms with E-state index in [9.17, 15) is 4.79 Å². The second-order valence-electron chi connectivity index (χ2n) is 5.36. The number of ether oxygens (including phenoxy) is 1. The number of carbonyl (C=O) groups is 1. The van der Waals surface area contributed by atoms with Crippen molar-refractivity contribution in [2.24, 2.45) is 11.7 Å². The van der Waals surface area contributed by atoms with Crippen molar-refractivity contribution in [2.45, 2.75) is 33.3 Å². The predicted octanol–water partition coefficient (Wildman–Crippen LogP) is 2.40. The summed E-state index contributed by atoms with van der Waals surface area (Å²) in [6.07, 6.45) is 0. The Morgan fingerprint density at radius 3 is 2.33 bits per heavy atom. The number of benzene rings is 1. The van der Waals surface area contributed by atoms with Gasteiger partial charge in [-0.2, -0.15) is 0 Å². The second kappa shape index (κ2) is 5.87. The third-order valence-corrected chi connectivity index (χ3v) is 2.35. The minimum absolute atomic E-state index is 0.0676. The average molecular weight is 250 g/mol. The summed E-state index contributed by atoms with van der Waals surface area (Å²) < 4.78 is 5.70. The first-order valence-electron chi connectivity index (χ1n) is 6.12. The Kier molecular flexibility index (Phi) is 4.73. The largest absolute Gasteiger partial charge is 0.488 e. The minimum Gasteiger partial charge on any atom is -0.488 e. The summed E-state index contributed by atoms with van der Waals surface area (Å²) in [4.78, 5) is 11.6. The molecule has 0 spiro atoms. The highest BCUT2D eigenvalue weighted by atomic mass is 16.5. The van der Waals surface area contributed by atoms with E-state index in [1.807, 2.05) is 45.0 Å². The van der Waals surface area contributed by atoms with E-state index in [0.717, 1.165) is 11.4 Å². The van der Waals surface area contributed by atoms with E-state index >= 15 is 0 Å². The zero-order valence-corrected chi connectivity index (χ0v) is 11.5. The van der Waals surface area contributed by atoms with E-state index in [1.165, 1.54) is 0 Å². The van der Waals surface area contributed by atoms with Crippen LogP contribution in [0.2, 0.25) is 0 Å². The topological polar surface area (TPSA) is 64.4 Å². The lowest BCUT2D eigenvalue weighted by Gasteiger charge is -2.21. The number of anilines is 1. The van der Waals surface area contributed by atoms with Gasteiger partial charge in [-0.1, -0.05) is 6.92 Å². The van der Waals surface area contributed by atoms with Crippen LogP contribution in [0.3, 0.4) is 0 Å². The number of hydrogen-bond donors (Lipinski definition) is 2. The van der Waals surface area contributed by atoms with Crippen LogP contribution in [0.15, 0.2) is 24.3 Å². The fraction of sp³-hybridized carbons (Fsp3) is 0.500. The second-order valence-corrected chi connectivity index (χ2v) is 5.36. The Labute approximate surface area is 109 Å². The van der Waals surface area contributed by atoms with Crippen LogP contribution in [0.25, 0.3) is 0 Å². The van der Waals surface area contributed by atoms with Crippen LogP contribution < -0.4 is 15.8 Å². The van der Waals surface area contributed by atoms with Crippen molar-refractivity contribution in [1.29, 1.82) is 0 Å². The van der Waals surface area contributed by atoms with Crippen LogP contribution in [0.5, 0.6) is 5.75 Å². The molecule has 4 heteroatoms. The van der Waals surface area contributed by atoms with Gasteiger partial charge in [0, 0.05) is 18.2 Å². The van der Waals surface area contributed by atoms with Gasteiger partial charge in [-0.15, -0.1) is 0 Å². The molecule has 0 aliphatic rings. The Balaban J connectivity index is 2.63. The van der Waals surface area contributed by atoms with Gasteiger partial charge >= 0.3 is 0 Å². The van der Waals surface area contributed by atoms with E-state index in [1.54, 1.807) is 6.92 Å². The zero-order valence-electron chi connectivity index (χ0n) is 11.5. The monoisotopic (exact) mass is 250 g/mol. The summed E-state index contributed by atoms with van der Waals surface area (Å²) in [6.45, 7) is 8.12. The lowest BCUT2D eigenvalue weighted by atomic mass is 10.1. The third-order valence-electron chi connectivity index (χ3n) is 2.35. The molecule has 1 atom stereocenters. The van der Waals surface area contributed by atoms with Crippen LogP contribution in [-0.2, 0) is 4.79 Å². The molecule has 1 unspecified atom stereocenters. The third kappa shape index (κ3) is 4.75. The van der Waals surface area contributed by atoms with Crippen molar-refractivity contribution in [2.75, 3.05) is 11.9 Å².